The van der Waals surface area contributed by atoms with E-state index < -0.39 is 35.5 Å². The van der Waals surface area contributed by atoms with Crippen LogP contribution >= 0.6 is 0 Å². The fourth-order valence-corrected chi connectivity index (χ4v) is 6.10. The topological polar surface area (TPSA) is 126 Å². The summed E-state index contributed by atoms with van der Waals surface area (Å²) < 4.78 is 24.1. The van der Waals surface area contributed by atoms with Gasteiger partial charge in [0.05, 0.1) is 40.5 Å². The van der Waals surface area contributed by atoms with Gasteiger partial charge in [-0.2, -0.15) is 0 Å². The third-order valence-corrected chi connectivity index (χ3v) is 8.31. The van der Waals surface area contributed by atoms with Crippen LogP contribution in [0.25, 0.3) is 22.3 Å². The van der Waals surface area contributed by atoms with Crippen LogP contribution in [0.15, 0.2) is 29.1 Å². The number of cyclic esters (lactones) is 1. The van der Waals surface area contributed by atoms with Gasteiger partial charge in [0.2, 0.25) is 0 Å². The van der Waals surface area contributed by atoms with Gasteiger partial charge in [0, 0.05) is 29.9 Å². The van der Waals surface area contributed by atoms with Crippen LogP contribution < -0.4 is 15.0 Å². The van der Waals surface area contributed by atoms with Gasteiger partial charge < -0.3 is 28.6 Å². The van der Waals surface area contributed by atoms with Gasteiger partial charge in [0.25, 0.3) is 5.56 Å². The molecular formula is C29H30N2O8. The van der Waals surface area contributed by atoms with Crippen LogP contribution in [0.5, 0.6) is 11.5 Å². The number of benzene rings is 1. The average molecular weight is 535 g/mol. The summed E-state index contributed by atoms with van der Waals surface area (Å²) in [6.45, 7) is 7.31. The van der Waals surface area contributed by atoms with Crippen molar-refractivity contribution in [2.75, 3.05) is 13.2 Å². The standard InChI is InChI=1S/C29H30N2O8/c1-5-29(35)15(3)26(39-16(4)32)14(2)28(34)38-13-19-20(29)10-22-25-18(12-31(22)27(19)33)8-17-9-23-24(11-21(17)30-25)37-7-6-36-23/h8-11,14-15,26,35H,5-7,12-13H2,1-4H3. The molecule has 0 fully saturated rings. The first-order valence-electron chi connectivity index (χ1n) is 13.2. The maximum Gasteiger partial charge on any atom is 0.312 e. The molecule has 0 saturated carbocycles. The van der Waals surface area contributed by atoms with Crippen LogP contribution in [0, 0.1) is 11.8 Å². The first-order chi connectivity index (χ1) is 18.6. The molecule has 6 rings (SSSR count). The largest absolute Gasteiger partial charge is 0.486 e. The third kappa shape index (κ3) is 3.88. The van der Waals surface area contributed by atoms with E-state index in [1.807, 2.05) is 18.2 Å². The molecule has 2 aromatic heterocycles. The fraction of sp³-hybridized carbons (Fsp3) is 0.448. The Morgan fingerprint density at radius 1 is 1.13 bits per heavy atom. The Morgan fingerprint density at radius 3 is 2.54 bits per heavy atom. The normalized spacial score (nSPS) is 25.5. The first kappa shape index (κ1) is 25.4. The number of carbonyl (C=O) groups excluding carboxylic acids is 2. The lowest BCUT2D eigenvalue weighted by Gasteiger charge is -2.39. The highest BCUT2D eigenvalue weighted by Crippen LogP contribution is 2.44. The van der Waals surface area contributed by atoms with Crippen LogP contribution in [-0.2, 0) is 37.8 Å². The molecule has 0 radical (unpaired) electrons. The van der Waals surface area contributed by atoms with E-state index in [4.69, 9.17) is 23.9 Å². The number of esters is 2. The maximum absolute atomic E-state index is 13.9. The maximum atomic E-state index is 13.9. The molecule has 0 spiro atoms. The highest BCUT2D eigenvalue weighted by Gasteiger charge is 2.47. The zero-order valence-electron chi connectivity index (χ0n) is 22.3. The predicted octanol–water partition coefficient (Wildman–Crippen LogP) is 3.05. The van der Waals surface area contributed by atoms with Crippen molar-refractivity contribution < 1.29 is 33.6 Å². The number of nitrogens with zero attached hydrogens (tertiary/aromatic N) is 2. The number of hydrogen-bond donors (Lipinski definition) is 1. The molecular weight excluding hydrogens is 504 g/mol. The number of fused-ring (bicyclic) bond motifs is 6. The fourth-order valence-electron chi connectivity index (χ4n) is 6.10. The lowest BCUT2D eigenvalue weighted by molar-refractivity contribution is -0.170. The average Bonchev–Trinajstić information content (AvgIpc) is 3.29. The molecule has 0 bridgehead atoms. The second kappa shape index (κ2) is 9.08. The molecule has 3 aromatic rings. The van der Waals surface area contributed by atoms with Crippen molar-refractivity contribution >= 4 is 22.8 Å². The highest BCUT2D eigenvalue weighted by molar-refractivity contribution is 5.87. The molecule has 5 heterocycles. The van der Waals surface area contributed by atoms with E-state index >= 15 is 0 Å². The summed E-state index contributed by atoms with van der Waals surface area (Å²) in [4.78, 5) is 43.7. The second-order valence-electron chi connectivity index (χ2n) is 10.5. The molecule has 4 unspecified atom stereocenters. The van der Waals surface area contributed by atoms with Crippen LogP contribution in [-0.4, -0.2) is 45.9 Å². The monoisotopic (exact) mass is 534 g/mol. The van der Waals surface area contributed by atoms with E-state index in [9.17, 15) is 19.5 Å². The quantitative estimate of drug-likeness (QED) is 0.386. The zero-order chi connectivity index (χ0) is 27.6. The lowest BCUT2D eigenvalue weighted by atomic mass is 9.73. The van der Waals surface area contributed by atoms with Crippen molar-refractivity contribution in [3.8, 4) is 22.9 Å². The number of rotatable bonds is 2. The molecule has 1 aromatic carbocycles. The summed E-state index contributed by atoms with van der Waals surface area (Å²) in [6, 6.07) is 7.47. The van der Waals surface area contributed by atoms with Crippen molar-refractivity contribution in [1.29, 1.82) is 0 Å². The van der Waals surface area contributed by atoms with Gasteiger partial charge in [-0.3, -0.25) is 14.4 Å². The molecule has 0 amide bonds. The summed E-state index contributed by atoms with van der Waals surface area (Å²) in [7, 11) is 0. The minimum atomic E-state index is -1.59. The molecule has 10 heteroatoms. The highest BCUT2D eigenvalue weighted by atomic mass is 16.6. The molecule has 10 nitrogen and oxygen atoms in total. The van der Waals surface area contributed by atoms with E-state index in [2.05, 4.69) is 0 Å². The minimum absolute atomic E-state index is 0.202. The van der Waals surface area contributed by atoms with E-state index in [1.54, 1.807) is 31.4 Å². The summed E-state index contributed by atoms with van der Waals surface area (Å²) in [5, 5.41) is 13.0. The molecule has 0 saturated heterocycles. The summed E-state index contributed by atoms with van der Waals surface area (Å²) in [5.74, 6) is -1.46. The molecule has 4 atom stereocenters. The summed E-state index contributed by atoms with van der Waals surface area (Å²) >= 11 is 0. The molecule has 0 aliphatic carbocycles. The van der Waals surface area contributed by atoms with Crippen LogP contribution in [0.2, 0.25) is 0 Å². The molecule has 3 aliphatic rings. The van der Waals surface area contributed by atoms with Crippen molar-refractivity contribution in [2.45, 2.75) is 59.0 Å². The van der Waals surface area contributed by atoms with Crippen LogP contribution in [0.4, 0.5) is 0 Å². The van der Waals surface area contributed by atoms with Gasteiger partial charge in [-0.05, 0) is 37.1 Å². The van der Waals surface area contributed by atoms with Gasteiger partial charge in [-0.25, -0.2) is 4.98 Å². The Balaban J connectivity index is 1.54. The van der Waals surface area contributed by atoms with Crippen LogP contribution in [0.3, 0.4) is 0 Å². The molecule has 39 heavy (non-hydrogen) atoms. The summed E-state index contributed by atoms with van der Waals surface area (Å²) in [6.07, 6.45) is -0.742. The van der Waals surface area contributed by atoms with E-state index in [1.165, 1.54) is 6.92 Å². The Labute approximate surface area is 224 Å². The Hall–Kier alpha value is -3.92. The number of hydrogen-bond acceptors (Lipinski definition) is 9. The third-order valence-electron chi connectivity index (χ3n) is 8.31. The number of ether oxygens (including phenoxy) is 4. The van der Waals surface area contributed by atoms with Crippen LogP contribution in [0.1, 0.15) is 50.8 Å². The van der Waals surface area contributed by atoms with Gasteiger partial charge in [-0.1, -0.05) is 13.8 Å². The predicted molar refractivity (Wildman–Crippen MR) is 139 cm³/mol. The van der Waals surface area contributed by atoms with E-state index in [-0.39, 0.29) is 30.7 Å². The Bertz CT molecular complexity index is 1590. The van der Waals surface area contributed by atoms with Gasteiger partial charge in [0.1, 0.15) is 25.9 Å². The van der Waals surface area contributed by atoms with Gasteiger partial charge >= 0.3 is 11.9 Å². The Morgan fingerprint density at radius 2 is 1.85 bits per heavy atom. The van der Waals surface area contributed by atoms with Crippen molar-refractivity contribution in [1.82, 2.24) is 9.55 Å². The SMILES string of the molecule is CCC1(O)c2cc3n(c(=O)c2COC(=O)C(C)C(OC(C)=O)C1C)Cc1cc2cc4c(cc2nc1-3)OCCO4. The number of aliphatic hydroxyl groups is 1. The van der Waals surface area contributed by atoms with E-state index in [0.717, 1.165) is 10.9 Å². The lowest BCUT2D eigenvalue weighted by Crippen LogP contribution is -2.46. The molecule has 1 N–H and O–H groups in total. The van der Waals surface area contributed by atoms with Crippen molar-refractivity contribution in [3.05, 3.63) is 51.3 Å². The zero-order valence-corrected chi connectivity index (χ0v) is 22.3. The second-order valence-corrected chi connectivity index (χ2v) is 10.5. The van der Waals surface area contributed by atoms with Gasteiger partial charge in [0.15, 0.2) is 11.5 Å². The summed E-state index contributed by atoms with van der Waals surface area (Å²) in [5.41, 5.74) is 1.34. The van der Waals surface area contributed by atoms with Crippen molar-refractivity contribution in [3.63, 3.8) is 0 Å². The smallest absolute Gasteiger partial charge is 0.312 e. The minimum Gasteiger partial charge on any atom is -0.486 e. The van der Waals surface area contributed by atoms with Gasteiger partial charge in [-0.15, -0.1) is 0 Å². The molecule has 3 aliphatic heterocycles. The van der Waals surface area contributed by atoms with Crippen molar-refractivity contribution in [2.24, 2.45) is 11.8 Å². The first-order valence-corrected chi connectivity index (χ1v) is 13.2. The Kier molecular flexibility index (Phi) is 5.91. The molecule has 204 valence electrons. The number of pyridine rings is 2. The number of carbonyl (C=O) groups is 2. The van der Waals surface area contributed by atoms with E-state index in [0.29, 0.717) is 47.2 Å². The number of aromatic nitrogens is 2.